The van der Waals surface area contributed by atoms with Crippen LogP contribution in [-0.2, 0) is 9.53 Å². The average molecular weight is 238 g/mol. The second kappa shape index (κ2) is 5.29. The van der Waals surface area contributed by atoms with Gasteiger partial charge in [0.25, 0.3) is 0 Å². The third-order valence-corrected chi connectivity index (χ3v) is 3.09. The molecular formula is C11H18N4O2. The summed E-state index contributed by atoms with van der Waals surface area (Å²) >= 11 is 0. The molecule has 0 spiro atoms. The van der Waals surface area contributed by atoms with Gasteiger partial charge in [-0.2, -0.15) is 5.10 Å². The van der Waals surface area contributed by atoms with E-state index in [4.69, 9.17) is 4.74 Å². The van der Waals surface area contributed by atoms with Gasteiger partial charge in [-0.15, -0.1) is 0 Å². The fourth-order valence-electron chi connectivity index (χ4n) is 2.19. The lowest BCUT2D eigenvalue weighted by molar-refractivity contribution is -0.129. The van der Waals surface area contributed by atoms with Gasteiger partial charge in [-0.1, -0.05) is 0 Å². The van der Waals surface area contributed by atoms with Gasteiger partial charge in [-0.3, -0.25) is 9.48 Å². The molecule has 2 rings (SSSR count). The number of methoxy groups -OCH3 is 1. The summed E-state index contributed by atoms with van der Waals surface area (Å²) in [5.41, 5.74) is 0. The Morgan fingerprint density at radius 2 is 2.41 bits per heavy atom. The first-order valence-electron chi connectivity index (χ1n) is 5.70. The van der Waals surface area contributed by atoms with Crippen molar-refractivity contribution in [3.8, 4) is 0 Å². The summed E-state index contributed by atoms with van der Waals surface area (Å²) in [6, 6.07) is 1.99. The van der Waals surface area contributed by atoms with Gasteiger partial charge in [-0.25, -0.2) is 0 Å². The Labute approximate surface area is 101 Å². The first-order chi connectivity index (χ1) is 8.26. The molecule has 6 heteroatoms. The minimum absolute atomic E-state index is 0.00991. The van der Waals surface area contributed by atoms with E-state index in [2.05, 4.69) is 10.4 Å². The predicted octanol–water partition coefficient (Wildman–Crippen LogP) is -0.499. The van der Waals surface area contributed by atoms with Crippen LogP contribution in [0.15, 0.2) is 18.5 Å². The molecule has 1 aromatic heterocycles. The van der Waals surface area contributed by atoms with Crippen LogP contribution < -0.4 is 5.32 Å². The molecule has 0 unspecified atom stereocenters. The molecule has 1 amide bonds. The molecule has 94 valence electrons. The second-order valence-electron chi connectivity index (χ2n) is 4.16. The molecule has 1 aliphatic heterocycles. The molecule has 1 saturated heterocycles. The number of aromatic nitrogens is 2. The zero-order valence-electron chi connectivity index (χ0n) is 10.2. The fraction of sp³-hybridized carbons (Fsp3) is 0.636. The maximum Gasteiger partial charge on any atom is 0.236 e. The summed E-state index contributed by atoms with van der Waals surface area (Å²) in [6.45, 7) is 1.64. The fourth-order valence-corrected chi connectivity index (χ4v) is 2.19. The maximum atomic E-state index is 11.8. The first kappa shape index (κ1) is 12.1. The normalized spacial score (nSPS) is 24.2. The Hall–Kier alpha value is -1.40. The van der Waals surface area contributed by atoms with Crippen LogP contribution in [0.2, 0.25) is 0 Å². The van der Waals surface area contributed by atoms with Crippen LogP contribution in [-0.4, -0.2) is 60.5 Å². The molecule has 6 nitrogen and oxygen atoms in total. The highest BCUT2D eigenvalue weighted by Gasteiger charge is 2.36. The van der Waals surface area contributed by atoms with Gasteiger partial charge in [0.15, 0.2) is 0 Å². The van der Waals surface area contributed by atoms with Crippen molar-refractivity contribution in [2.45, 2.75) is 12.1 Å². The highest BCUT2D eigenvalue weighted by molar-refractivity contribution is 5.78. The lowest BCUT2D eigenvalue weighted by atomic mass is 10.2. The average Bonchev–Trinajstić information content (AvgIpc) is 2.97. The summed E-state index contributed by atoms with van der Waals surface area (Å²) < 4.78 is 7.29. The minimum atomic E-state index is 0.00991. The van der Waals surface area contributed by atoms with Crippen molar-refractivity contribution < 1.29 is 9.53 Å². The van der Waals surface area contributed by atoms with Crippen molar-refractivity contribution in [3.63, 3.8) is 0 Å². The van der Waals surface area contributed by atoms with E-state index in [0.29, 0.717) is 19.6 Å². The molecule has 0 saturated carbocycles. The number of amides is 1. The largest absolute Gasteiger partial charge is 0.377 e. The molecule has 0 aliphatic carbocycles. The van der Waals surface area contributed by atoms with Crippen LogP contribution in [0.1, 0.15) is 6.04 Å². The number of carbonyl (C=O) groups excluding carboxylic acids is 1. The van der Waals surface area contributed by atoms with Crippen LogP contribution in [0.3, 0.4) is 0 Å². The van der Waals surface area contributed by atoms with Crippen molar-refractivity contribution in [1.29, 1.82) is 0 Å². The van der Waals surface area contributed by atoms with Crippen molar-refractivity contribution in [1.82, 2.24) is 20.0 Å². The SMILES string of the molecule is CNCC(=O)N1C[C@@H](n2cccn2)[C@H](OC)C1. The summed E-state index contributed by atoms with van der Waals surface area (Å²) in [6.07, 6.45) is 3.66. The van der Waals surface area contributed by atoms with Gasteiger partial charge in [-0.05, 0) is 13.1 Å². The number of rotatable bonds is 4. The molecular weight excluding hydrogens is 220 g/mol. The van der Waals surface area contributed by atoms with E-state index < -0.39 is 0 Å². The third-order valence-electron chi connectivity index (χ3n) is 3.09. The zero-order valence-corrected chi connectivity index (χ0v) is 10.2. The minimum Gasteiger partial charge on any atom is -0.377 e. The molecule has 1 aliphatic rings. The van der Waals surface area contributed by atoms with E-state index in [-0.39, 0.29) is 18.1 Å². The number of carbonyl (C=O) groups is 1. The molecule has 0 radical (unpaired) electrons. The van der Waals surface area contributed by atoms with Crippen LogP contribution in [0, 0.1) is 0 Å². The number of likely N-dealkylation sites (tertiary alicyclic amines) is 1. The number of hydrogen-bond donors (Lipinski definition) is 1. The zero-order chi connectivity index (χ0) is 12.3. The van der Waals surface area contributed by atoms with E-state index in [9.17, 15) is 4.79 Å². The van der Waals surface area contributed by atoms with E-state index in [1.165, 1.54) is 0 Å². The molecule has 1 fully saturated rings. The Balaban J connectivity index is 2.06. The monoisotopic (exact) mass is 238 g/mol. The first-order valence-corrected chi connectivity index (χ1v) is 5.70. The summed E-state index contributed by atoms with van der Waals surface area (Å²) in [7, 11) is 3.44. The lowest BCUT2D eigenvalue weighted by Crippen LogP contribution is -2.36. The van der Waals surface area contributed by atoms with E-state index in [1.807, 2.05) is 21.8 Å². The standard InChI is InChI=1S/C11H18N4O2/c1-12-6-11(16)14-7-9(10(8-14)17-2)15-5-3-4-13-15/h3-5,9-10,12H,6-8H2,1-2H3/t9-,10-/m1/s1. The van der Waals surface area contributed by atoms with E-state index in [0.717, 1.165) is 0 Å². The molecule has 1 N–H and O–H groups in total. The van der Waals surface area contributed by atoms with E-state index >= 15 is 0 Å². The van der Waals surface area contributed by atoms with Crippen LogP contribution >= 0.6 is 0 Å². The molecule has 0 aromatic carbocycles. The molecule has 0 bridgehead atoms. The van der Waals surface area contributed by atoms with Crippen molar-refractivity contribution in [2.75, 3.05) is 33.8 Å². The Bertz CT molecular complexity index is 366. The smallest absolute Gasteiger partial charge is 0.236 e. The molecule has 1 aromatic rings. The maximum absolute atomic E-state index is 11.8. The molecule has 17 heavy (non-hydrogen) atoms. The van der Waals surface area contributed by atoms with Crippen molar-refractivity contribution in [3.05, 3.63) is 18.5 Å². The molecule has 2 atom stereocenters. The van der Waals surface area contributed by atoms with E-state index in [1.54, 1.807) is 20.4 Å². The second-order valence-corrected chi connectivity index (χ2v) is 4.16. The van der Waals surface area contributed by atoms with Gasteiger partial charge < -0.3 is 15.0 Å². The summed E-state index contributed by atoms with van der Waals surface area (Å²) in [5.74, 6) is 0.101. The quantitative estimate of drug-likeness (QED) is 0.768. The van der Waals surface area contributed by atoms with Crippen LogP contribution in [0.4, 0.5) is 0 Å². The van der Waals surface area contributed by atoms with Crippen LogP contribution in [0.5, 0.6) is 0 Å². The lowest BCUT2D eigenvalue weighted by Gasteiger charge is -2.16. The topological polar surface area (TPSA) is 59.4 Å². The Morgan fingerprint density at radius 1 is 1.59 bits per heavy atom. The summed E-state index contributed by atoms with van der Waals surface area (Å²) in [5, 5.41) is 7.09. The van der Waals surface area contributed by atoms with Gasteiger partial charge in [0, 0.05) is 32.6 Å². The number of nitrogens with zero attached hydrogens (tertiary/aromatic N) is 3. The third kappa shape index (κ3) is 2.48. The summed E-state index contributed by atoms with van der Waals surface area (Å²) in [4.78, 5) is 13.6. The predicted molar refractivity (Wildman–Crippen MR) is 62.6 cm³/mol. The van der Waals surface area contributed by atoms with Crippen molar-refractivity contribution >= 4 is 5.91 Å². The van der Waals surface area contributed by atoms with Crippen molar-refractivity contribution in [2.24, 2.45) is 0 Å². The number of ether oxygens (including phenoxy) is 1. The number of likely N-dealkylation sites (N-methyl/N-ethyl adjacent to an activating group) is 1. The van der Waals surface area contributed by atoms with Gasteiger partial charge in [0.05, 0.1) is 18.7 Å². The Morgan fingerprint density at radius 3 is 3.00 bits per heavy atom. The highest BCUT2D eigenvalue weighted by atomic mass is 16.5. The van der Waals surface area contributed by atoms with Gasteiger partial charge >= 0.3 is 0 Å². The Kier molecular flexibility index (Phi) is 3.75. The molecule has 2 heterocycles. The number of hydrogen-bond acceptors (Lipinski definition) is 4. The van der Waals surface area contributed by atoms with Crippen LogP contribution in [0.25, 0.3) is 0 Å². The van der Waals surface area contributed by atoms with Gasteiger partial charge in [0.1, 0.15) is 0 Å². The highest BCUT2D eigenvalue weighted by Crippen LogP contribution is 2.23. The number of nitrogens with one attached hydrogen (secondary N) is 1. The van der Waals surface area contributed by atoms with Gasteiger partial charge in [0.2, 0.25) is 5.91 Å².